The molecule has 2 aliphatic heterocycles. The lowest BCUT2D eigenvalue weighted by Crippen LogP contribution is -2.60. The molecule has 2 bridgehead atoms. The van der Waals surface area contributed by atoms with Crippen molar-refractivity contribution in [3.8, 4) is 0 Å². The molecule has 5 rings (SSSR count). The van der Waals surface area contributed by atoms with Crippen molar-refractivity contribution in [3.05, 3.63) is 23.3 Å². The van der Waals surface area contributed by atoms with Gasteiger partial charge in [-0.3, -0.25) is 4.79 Å². The fourth-order valence-electron chi connectivity index (χ4n) is 7.68. The maximum absolute atomic E-state index is 12.0. The first-order chi connectivity index (χ1) is 20.1. The van der Waals surface area contributed by atoms with Gasteiger partial charge in [-0.15, -0.1) is 0 Å². The molecule has 0 radical (unpaired) electrons. The van der Waals surface area contributed by atoms with Crippen molar-refractivity contribution < 1.29 is 14.3 Å². The van der Waals surface area contributed by atoms with E-state index in [1.807, 2.05) is 0 Å². The van der Waals surface area contributed by atoms with E-state index in [4.69, 9.17) is 15.3 Å². The highest BCUT2D eigenvalue weighted by molar-refractivity contribution is 8.75. The summed E-state index contributed by atoms with van der Waals surface area (Å²) < 4.78 is 13.2. The molecular formula is C24H35N3O3S12. The van der Waals surface area contributed by atoms with E-state index in [9.17, 15) is 4.79 Å². The number of rotatable bonds is 2. The molecule has 0 aromatic heterocycles. The van der Waals surface area contributed by atoms with Gasteiger partial charge in [0.25, 0.3) is 0 Å². The molecule has 2 N–H and O–H groups in total. The third kappa shape index (κ3) is 7.26. The van der Waals surface area contributed by atoms with Crippen molar-refractivity contribution in [1.82, 2.24) is 4.90 Å². The Hall–Kier alpha value is 0.980. The number of ether oxygens (including phenoxy) is 2. The van der Waals surface area contributed by atoms with Crippen LogP contribution >= 0.6 is 0 Å². The van der Waals surface area contributed by atoms with E-state index in [-0.39, 0.29) is 34.6 Å². The lowest BCUT2D eigenvalue weighted by atomic mass is 9.60. The summed E-state index contributed by atoms with van der Waals surface area (Å²) in [5, 5.41) is 4.18. The van der Waals surface area contributed by atoms with Crippen molar-refractivity contribution >= 4 is 123 Å². The summed E-state index contributed by atoms with van der Waals surface area (Å²) in [7, 11) is 20.5. The van der Waals surface area contributed by atoms with Gasteiger partial charge in [0.15, 0.2) is 0 Å². The maximum atomic E-state index is 12.0. The number of fused-ring (bicyclic) bond motifs is 1. The number of hydrogen-bond donors (Lipinski definition) is 1. The van der Waals surface area contributed by atoms with Gasteiger partial charge in [0.2, 0.25) is 0 Å². The minimum atomic E-state index is -0.347. The Bertz CT molecular complexity index is 1600. The average molecular weight is 798 g/mol. The summed E-state index contributed by atoms with van der Waals surface area (Å²) >= 11 is 9.38. The van der Waals surface area contributed by atoms with Gasteiger partial charge in [0.1, 0.15) is 6.10 Å². The smallest absolute Gasteiger partial charge is 0.303 e. The second-order valence-corrected chi connectivity index (χ2v) is 29.0. The zero-order valence-corrected chi connectivity index (χ0v) is 33.6. The summed E-state index contributed by atoms with van der Waals surface area (Å²) in [4.78, 5) is 14.3. The van der Waals surface area contributed by atoms with Crippen molar-refractivity contribution in [2.75, 3.05) is 14.1 Å². The Labute approximate surface area is 287 Å². The quantitative estimate of drug-likeness (QED) is 0.262. The fourth-order valence-corrected chi connectivity index (χ4v) is 29.6. The maximum Gasteiger partial charge on any atom is 0.303 e. The normalized spacial score (nSPS) is 36.3. The van der Waals surface area contributed by atoms with E-state index < -0.39 is 0 Å². The molecule has 2 saturated carbocycles. The van der Waals surface area contributed by atoms with E-state index in [1.165, 1.54) is 35.8 Å². The van der Waals surface area contributed by atoms with Crippen LogP contribution in [0.2, 0.25) is 0 Å². The zero-order chi connectivity index (χ0) is 30.5. The van der Waals surface area contributed by atoms with E-state index in [2.05, 4.69) is 72.5 Å². The van der Waals surface area contributed by atoms with Crippen LogP contribution in [0.25, 0.3) is 0 Å². The van der Waals surface area contributed by atoms with Crippen LogP contribution in [0.3, 0.4) is 0 Å². The topological polar surface area (TPSA) is 77.1 Å². The number of hydrazone groups is 1. The summed E-state index contributed by atoms with van der Waals surface area (Å²) in [5.74, 6) is 6.18. The molecule has 5 aliphatic rings. The molecule has 2 spiro atoms. The fraction of sp³-hybridized carbons (Fsp3) is 0.750. The van der Waals surface area contributed by atoms with Gasteiger partial charge in [-0.2, -0.15) is 5.10 Å². The molecule has 6 nitrogen and oxygen atoms in total. The van der Waals surface area contributed by atoms with Crippen molar-refractivity contribution in [2.45, 2.75) is 82.6 Å². The van der Waals surface area contributed by atoms with Crippen molar-refractivity contribution in [1.29, 1.82) is 0 Å². The molecule has 42 heavy (non-hydrogen) atoms. The van der Waals surface area contributed by atoms with Gasteiger partial charge in [-0.25, -0.2) is 0 Å². The Morgan fingerprint density at radius 2 is 1.71 bits per heavy atom. The Morgan fingerprint density at radius 1 is 1.10 bits per heavy atom. The molecule has 3 aliphatic carbocycles. The van der Waals surface area contributed by atoms with Gasteiger partial charge >= 0.3 is 5.97 Å². The standard InChI is InChI=1S/C24H35N3O3.S12/c1-14-18(27(4)5)13-23-10-11-24(30-23)16(12-17(23)21(14)29-15(2)28)8-9-22(3)19(24)6-7-20(22)26-25;1-3-5-7-9-11-12-10-8-6-4-2/h8,12,14,18-19,21H,6-7,9-11,13,25H2,1-5H3;/b26-20-;/t14-,18+,19-,21+,22+,23-,24-;/m1./s1. The van der Waals surface area contributed by atoms with Gasteiger partial charge < -0.3 is 20.2 Å². The van der Waals surface area contributed by atoms with Crippen molar-refractivity contribution in [3.63, 3.8) is 0 Å². The number of esters is 1. The van der Waals surface area contributed by atoms with Gasteiger partial charge in [0.05, 0.1) is 11.2 Å². The molecule has 236 valence electrons. The van der Waals surface area contributed by atoms with E-state index >= 15 is 0 Å². The monoisotopic (exact) mass is 797 g/mol. The van der Waals surface area contributed by atoms with Crippen LogP contribution in [0.4, 0.5) is 0 Å². The average Bonchev–Trinajstić information content (AvgIpc) is 3.47. The predicted molar refractivity (Wildman–Crippen MR) is 204 cm³/mol. The van der Waals surface area contributed by atoms with Crippen LogP contribution in [-0.4, -0.2) is 54.0 Å². The Balaban J connectivity index is 0.000000288. The zero-order valence-electron chi connectivity index (χ0n) is 23.8. The highest BCUT2D eigenvalue weighted by atomic mass is 33.4. The van der Waals surface area contributed by atoms with Crippen LogP contribution in [-0.2, 0) is 125 Å². The number of nitrogens with two attached hydrogens (primary N) is 1. The second-order valence-electron chi connectivity index (χ2n) is 11.3. The minimum Gasteiger partial charge on any atom is -0.458 e. The number of carbonyl (C=O) groups excluding carboxylic acids is 1. The first kappa shape index (κ1) is 35.8. The lowest BCUT2D eigenvalue weighted by Gasteiger charge is -2.56. The largest absolute Gasteiger partial charge is 0.458 e. The van der Waals surface area contributed by atoms with Crippen LogP contribution in [0.5, 0.6) is 0 Å². The van der Waals surface area contributed by atoms with Crippen LogP contribution in [0.1, 0.15) is 59.3 Å². The molecule has 3 fully saturated rings. The molecule has 0 aromatic carbocycles. The lowest BCUT2D eigenvalue weighted by molar-refractivity contribution is -0.167. The molecule has 0 aromatic rings. The first-order valence-corrected chi connectivity index (χ1v) is 27.9. The molecule has 0 unspecified atom stereocenters. The SMILES string of the molecule is CC(=O)O[C@@H]1C2=CC3=CC[C@]4(C)/C(=N\N)CC[C@H]4[C@@]34CC[C@]2(C[C@H](N(C)C)[C@H]1C)O4.S=S=S=S=S=S=S=S=S=S=S=S. The van der Waals surface area contributed by atoms with Gasteiger partial charge in [-0.1, -0.05) is 26.0 Å². The van der Waals surface area contributed by atoms with E-state index in [0.717, 1.165) is 44.2 Å². The third-order valence-electron chi connectivity index (χ3n) is 9.30. The second kappa shape index (κ2) is 15.7. The molecule has 18 heteroatoms. The van der Waals surface area contributed by atoms with Crippen molar-refractivity contribution in [2.24, 2.45) is 28.2 Å². The molecule has 1 saturated heterocycles. The summed E-state index contributed by atoms with van der Waals surface area (Å²) in [6, 6.07) is 0.298. The number of hydrogen-bond acceptors (Lipinski definition) is 8. The number of nitrogens with zero attached hydrogens (tertiary/aromatic N) is 2. The van der Waals surface area contributed by atoms with Crippen LogP contribution < -0.4 is 5.84 Å². The minimum absolute atomic E-state index is 0.0205. The highest BCUT2D eigenvalue weighted by Gasteiger charge is 2.68. The van der Waals surface area contributed by atoms with Gasteiger partial charge in [0, 0.05) is 153 Å². The Kier molecular flexibility index (Phi) is 13.4. The summed E-state index contributed by atoms with van der Waals surface area (Å²) in [6.07, 6.45) is 10.4. The number of carbonyl (C=O) groups is 1. The van der Waals surface area contributed by atoms with E-state index in [0.29, 0.717) is 12.0 Å². The highest BCUT2D eigenvalue weighted by Crippen LogP contribution is 2.66. The molecule has 7 atom stereocenters. The summed E-state index contributed by atoms with van der Waals surface area (Å²) in [6.45, 7) is 6.04. The molecule has 2 heterocycles. The number of allylic oxidation sites excluding steroid dienone is 1. The first-order valence-electron chi connectivity index (χ1n) is 13.2. The Morgan fingerprint density at radius 3 is 2.26 bits per heavy atom. The van der Waals surface area contributed by atoms with Crippen LogP contribution in [0.15, 0.2) is 28.4 Å². The molecule has 0 amide bonds. The third-order valence-corrected chi connectivity index (χ3v) is 29.3. The summed E-state index contributed by atoms with van der Waals surface area (Å²) in [5.41, 5.74) is 2.97. The molecular weight excluding hydrogens is 763 g/mol. The predicted octanol–water partition coefficient (Wildman–Crippen LogP) is 3.15. The van der Waals surface area contributed by atoms with E-state index in [1.54, 1.807) is 71.0 Å². The van der Waals surface area contributed by atoms with Gasteiger partial charge in [-0.05, 0) is 58.2 Å². The van der Waals surface area contributed by atoms with Crippen LogP contribution in [0, 0.1) is 17.3 Å².